The average Bonchev–Trinajstić information content (AvgIpc) is 2.21. The van der Waals surface area contributed by atoms with Gasteiger partial charge in [0.15, 0.2) is 0 Å². The number of hydrogen-bond acceptors (Lipinski definition) is 1. The van der Waals surface area contributed by atoms with Crippen molar-refractivity contribution in [1.82, 2.24) is 0 Å². The maximum atomic E-state index is 5.80. The molecule has 0 saturated carbocycles. The number of hydrogen-bond donors (Lipinski definition) is 1. The van der Waals surface area contributed by atoms with Crippen LogP contribution < -0.4 is 5.73 Å². The summed E-state index contributed by atoms with van der Waals surface area (Å²) in [6.45, 7) is 8.40. The average molecular weight is 201 g/mol. The van der Waals surface area contributed by atoms with Crippen LogP contribution in [0.4, 0.5) is 5.69 Å². The molecule has 1 heteroatoms. The first-order valence-electron chi connectivity index (χ1n) is 5.23. The number of allylic oxidation sites excluding steroid dienone is 4. The summed E-state index contributed by atoms with van der Waals surface area (Å²) >= 11 is 0. The zero-order valence-electron chi connectivity index (χ0n) is 9.96. The van der Waals surface area contributed by atoms with E-state index < -0.39 is 0 Å². The van der Waals surface area contributed by atoms with Gasteiger partial charge in [0.05, 0.1) is 0 Å². The van der Waals surface area contributed by atoms with Crippen LogP contribution in [0, 0.1) is 6.92 Å². The van der Waals surface area contributed by atoms with E-state index >= 15 is 0 Å². The Bertz CT molecular complexity index is 411. The van der Waals surface area contributed by atoms with Crippen LogP contribution in [0.25, 0.3) is 5.57 Å². The smallest absolute Gasteiger partial charge is 0.0320 e. The monoisotopic (exact) mass is 201 g/mol. The highest BCUT2D eigenvalue weighted by atomic mass is 14.5. The van der Waals surface area contributed by atoms with Crippen LogP contribution in [0.1, 0.15) is 31.9 Å². The molecule has 0 heterocycles. The van der Waals surface area contributed by atoms with Crippen LogP contribution in [0.2, 0.25) is 0 Å². The maximum absolute atomic E-state index is 5.80. The molecule has 0 spiro atoms. The first-order chi connectivity index (χ1) is 7.06. The van der Waals surface area contributed by atoms with Gasteiger partial charge >= 0.3 is 0 Å². The molecule has 0 amide bonds. The Morgan fingerprint density at radius 1 is 1.27 bits per heavy atom. The van der Waals surface area contributed by atoms with Gasteiger partial charge in [0.1, 0.15) is 0 Å². The molecule has 0 aliphatic heterocycles. The lowest BCUT2D eigenvalue weighted by atomic mass is 9.97. The first kappa shape index (κ1) is 11.6. The minimum Gasteiger partial charge on any atom is -0.399 e. The molecule has 1 aromatic carbocycles. The molecule has 0 aliphatic rings. The fourth-order valence-electron chi connectivity index (χ4n) is 1.63. The van der Waals surface area contributed by atoms with Gasteiger partial charge in [-0.1, -0.05) is 18.2 Å². The van der Waals surface area contributed by atoms with Gasteiger partial charge in [-0.05, 0) is 62.1 Å². The molecule has 1 rings (SSSR count). The topological polar surface area (TPSA) is 26.0 Å². The molecule has 0 unspecified atom stereocenters. The molecule has 0 radical (unpaired) electrons. The zero-order valence-corrected chi connectivity index (χ0v) is 9.96. The van der Waals surface area contributed by atoms with Gasteiger partial charge in [-0.15, -0.1) is 0 Å². The van der Waals surface area contributed by atoms with Crippen LogP contribution in [0.3, 0.4) is 0 Å². The second-order valence-electron chi connectivity index (χ2n) is 3.88. The van der Waals surface area contributed by atoms with Crippen LogP contribution in [-0.4, -0.2) is 0 Å². The molecule has 80 valence electrons. The van der Waals surface area contributed by atoms with Crippen molar-refractivity contribution in [3.05, 3.63) is 47.1 Å². The van der Waals surface area contributed by atoms with E-state index in [0.717, 1.165) is 5.69 Å². The SMILES string of the molecule is C/C=C\C(C)=C(/C)c1cc(N)ccc1C. The lowest BCUT2D eigenvalue weighted by molar-refractivity contribution is 1.38. The van der Waals surface area contributed by atoms with Crippen molar-refractivity contribution in [1.29, 1.82) is 0 Å². The van der Waals surface area contributed by atoms with Gasteiger partial charge in [0, 0.05) is 5.69 Å². The summed E-state index contributed by atoms with van der Waals surface area (Å²) in [5.41, 5.74) is 11.7. The number of benzene rings is 1. The molecule has 1 nitrogen and oxygen atoms in total. The summed E-state index contributed by atoms with van der Waals surface area (Å²) in [6, 6.07) is 6.05. The highest BCUT2D eigenvalue weighted by molar-refractivity contribution is 5.73. The Hall–Kier alpha value is -1.50. The van der Waals surface area contributed by atoms with Crippen molar-refractivity contribution in [2.45, 2.75) is 27.7 Å². The van der Waals surface area contributed by atoms with Crippen molar-refractivity contribution in [2.75, 3.05) is 5.73 Å². The van der Waals surface area contributed by atoms with Crippen LogP contribution in [-0.2, 0) is 0 Å². The van der Waals surface area contributed by atoms with Gasteiger partial charge in [-0.25, -0.2) is 0 Å². The van der Waals surface area contributed by atoms with E-state index in [1.165, 1.54) is 22.3 Å². The Morgan fingerprint density at radius 3 is 2.53 bits per heavy atom. The largest absolute Gasteiger partial charge is 0.399 e. The summed E-state index contributed by atoms with van der Waals surface area (Å²) in [5.74, 6) is 0. The van der Waals surface area contributed by atoms with Crippen molar-refractivity contribution >= 4 is 11.3 Å². The van der Waals surface area contributed by atoms with Crippen molar-refractivity contribution in [3.8, 4) is 0 Å². The Labute approximate surface area is 92.3 Å². The molecule has 2 N–H and O–H groups in total. The lowest BCUT2D eigenvalue weighted by Gasteiger charge is -2.09. The maximum Gasteiger partial charge on any atom is 0.0320 e. The molecule has 15 heavy (non-hydrogen) atoms. The van der Waals surface area contributed by atoms with Crippen molar-refractivity contribution in [3.63, 3.8) is 0 Å². The molecule has 0 aliphatic carbocycles. The predicted molar refractivity (Wildman–Crippen MR) is 68.7 cm³/mol. The molecule has 0 bridgehead atoms. The van der Waals surface area contributed by atoms with Crippen LogP contribution >= 0.6 is 0 Å². The fourth-order valence-corrected chi connectivity index (χ4v) is 1.63. The molecule has 1 aromatic rings. The highest BCUT2D eigenvalue weighted by Gasteiger charge is 2.02. The van der Waals surface area contributed by atoms with Crippen LogP contribution in [0.15, 0.2) is 35.9 Å². The standard InChI is InChI=1S/C14H19N/c1-5-6-10(2)12(4)14-9-13(15)8-7-11(14)3/h5-9H,15H2,1-4H3/b6-5-,12-10+. The normalized spacial score (nSPS) is 13.1. The second kappa shape index (κ2) is 4.83. The summed E-state index contributed by atoms with van der Waals surface area (Å²) in [4.78, 5) is 0. The van der Waals surface area contributed by atoms with E-state index in [0.29, 0.717) is 0 Å². The van der Waals surface area contributed by atoms with E-state index in [9.17, 15) is 0 Å². The van der Waals surface area contributed by atoms with E-state index in [2.05, 4.69) is 39.0 Å². The molecule has 0 saturated heterocycles. The van der Waals surface area contributed by atoms with E-state index in [-0.39, 0.29) is 0 Å². The van der Waals surface area contributed by atoms with E-state index in [1.807, 2.05) is 19.1 Å². The van der Waals surface area contributed by atoms with Gasteiger partial charge in [0.2, 0.25) is 0 Å². The van der Waals surface area contributed by atoms with E-state index in [4.69, 9.17) is 5.73 Å². The quantitative estimate of drug-likeness (QED) is 0.569. The molecule has 0 fully saturated rings. The number of nitrogens with two attached hydrogens (primary N) is 1. The van der Waals surface area contributed by atoms with Crippen molar-refractivity contribution < 1.29 is 0 Å². The van der Waals surface area contributed by atoms with Gasteiger partial charge in [-0.2, -0.15) is 0 Å². The van der Waals surface area contributed by atoms with Gasteiger partial charge < -0.3 is 5.73 Å². The Kier molecular flexibility index (Phi) is 3.73. The van der Waals surface area contributed by atoms with E-state index in [1.54, 1.807) is 0 Å². The summed E-state index contributed by atoms with van der Waals surface area (Å²) in [5, 5.41) is 0. The fraction of sp³-hybridized carbons (Fsp3) is 0.286. The Morgan fingerprint density at radius 2 is 1.93 bits per heavy atom. The van der Waals surface area contributed by atoms with Gasteiger partial charge in [-0.3, -0.25) is 0 Å². The minimum absolute atomic E-state index is 0.822. The number of rotatable bonds is 2. The lowest BCUT2D eigenvalue weighted by Crippen LogP contribution is -1.92. The zero-order chi connectivity index (χ0) is 11.4. The third kappa shape index (κ3) is 2.72. The molecular formula is C14H19N. The highest BCUT2D eigenvalue weighted by Crippen LogP contribution is 2.24. The second-order valence-corrected chi connectivity index (χ2v) is 3.88. The minimum atomic E-state index is 0.822. The first-order valence-corrected chi connectivity index (χ1v) is 5.23. The Balaban J connectivity index is 3.27. The number of aryl methyl sites for hydroxylation is 1. The molecule has 0 atom stereocenters. The molecule has 0 aromatic heterocycles. The summed E-state index contributed by atoms with van der Waals surface area (Å²) in [7, 11) is 0. The summed E-state index contributed by atoms with van der Waals surface area (Å²) < 4.78 is 0. The van der Waals surface area contributed by atoms with Gasteiger partial charge in [0.25, 0.3) is 0 Å². The van der Waals surface area contributed by atoms with Crippen LogP contribution in [0.5, 0.6) is 0 Å². The molecular weight excluding hydrogens is 182 g/mol. The third-order valence-corrected chi connectivity index (χ3v) is 2.67. The third-order valence-electron chi connectivity index (χ3n) is 2.67. The predicted octanol–water partition coefficient (Wildman–Crippen LogP) is 3.95. The van der Waals surface area contributed by atoms with Crippen molar-refractivity contribution in [2.24, 2.45) is 0 Å². The number of nitrogen functional groups attached to an aromatic ring is 1. The number of anilines is 1. The summed E-state index contributed by atoms with van der Waals surface area (Å²) in [6.07, 6.45) is 4.18.